The van der Waals surface area contributed by atoms with Gasteiger partial charge in [-0.3, -0.25) is 4.98 Å². The zero-order valence-corrected chi connectivity index (χ0v) is 22.4. The van der Waals surface area contributed by atoms with E-state index in [1.807, 2.05) is 12.1 Å². The predicted molar refractivity (Wildman–Crippen MR) is 147 cm³/mol. The Morgan fingerprint density at radius 1 is 1.08 bits per heavy atom. The first-order valence-electron chi connectivity index (χ1n) is 14.4. The molecule has 200 valence electrons. The molecule has 3 saturated heterocycles. The Labute approximate surface area is 223 Å². The van der Waals surface area contributed by atoms with Gasteiger partial charge in [0.1, 0.15) is 23.6 Å². The number of rotatable bonds is 5. The number of hydrogen-bond donors (Lipinski definition) is 1. The molecule has 38 heavy (non-hydrogen) atoms. The summed E-state index contributed by atoms with van der Waals surface area (Å²) in [6.45, 7) is 5.52. The largest absolute Gasteiger partial charge is 0.462 e. The van der Waals surface area contributed by atoms with Crippen LogP contribution in [0.3, 0.4) is 0 Å². The highest BCUT2D eigenvalue weighted by Crippen LogP contribution is 2.40. The van der Waals surface area contributed by atoms with E-state index in [0.29, 0.717) is 47.2 Å². The molecule has 3 aromatic rings. The number of pyridine rings is 1. The van der Waals surface area contributed by atoms with Crippen molar-refractivity contribution >= 4 is 16.7 Å². The smallest absolute Gasteiger partial charge is 0.319 e. The third kappa shape index (κ3) is 4.22. The van der Waals surface area contributed by atoms with Crippen LogP contribution in [0.5, 0.6) is 6.01 Å². The maximum Gasteiger partial charge on any atom is 0.319 e. The number of benzene rings is 1. The quantitative estimate of drug-likeness (QED) is 0.528. The lowest BCUT2D eigenvalue weighted by Gasteiger charge is -2.34. The summed E-state index contributed by atoms with van der Waals surface area (Å²) in [5.41, 5.74) is 4.13. The van der Waals surface area contributed by atoms with Gasteiger partial charge in [-0.1, -0.05) is 25.1 Å². The highest BCUT2D eigenvalue weighted by Gasteiger charge is 2.34. The summed E-state index contributed by atoms with van der Waals surface area (Å²) in [5, 5.41) is 4.35. The van der Waals surface area contributed by atoms with E-state index in [1.54, 1.807) is 6.20 Å². The van der Waals surface area contributed by atoms with Crippen molar-refractivity contribution in [3.8, 4) is 17.3 Å². The minimum absolute atomic E-state index is 0.262. The van der Waals surface area contributed by atoms with Crippen LogP contribution in [-0.4, -0.2) is 71.3 Å². The number of aryl methyl sites for hydroxylation is 1. The Hall–Kier alpha value is -2.84. The van der Waals surface area contributed by atoms with E-state index < -0.39 is 0 Å². The number of ether oxygens (including phenoxy) is 1. The van der Waals surface area contributed by atoms with Gasteiger partial charge in [-0.2, -0.15) is 9.97 Å². The number of fused-ring (bicyclic) bond motifs is 4. The topological polar surface area (TPSA) is 66.4 Å². The van der Waals surface area contributed by atoms with Crippen molar-refractivity contribution in [3.63, 3.8) is 0 Å². The zero-order valence-electron chi connectivity index (χ0n) is 22.4. The summed E-state index contributed by atoms with van der Waals surface area (Å²) in [7, 11) is 2.13. The molecular weight excluding hydrogens is 479 g/mol. The average molecular weight is 517 g/mol. The number of likely N-dealkylation sites (N-methyl/N-ethyl adjacent to an activating group) is 1. The van der Waals surface area contributed by atoms with Crippen LogP contribution in [0.15, 0.2) is 24.4 Å². The van der Waals surface area contributed by atoms with Gasteiger partial charge in [0.05, 0.1) is 5.39 Å². The fourth-order valence-corrected chi connectivity index (χ4v) is 7.21. The van der Waals surface area contributed by atoms with Gasteiger partial charge < -0.3 is 19.9 Å². The van der Waals surface area contributed by atoms with Crippen LogP contribution in [0.4, 0.5) is 10.2 Å². The monoisotopic (exact) mass is 516 g/mol. The Bertz CT molecular complexity index is 1350. The van der Waals surface area contributed by atoms with E-state index in [2.05, 4.69) is 40.1 Å². The Kier molecular flexibility index (Phi) is 6.20. The molecule has 2 bridgehead atoms. The van der Waals surface area contributed by atoms with E-state index >= 15 is 4.39 Å². The molecule has 7 rings (SSSR count). The van der Waals surface area contributed by atoms with E-state index in [9.17, 15) is 0 Å². The molecular formula is C30H37FN6O. The minimum atomic E-state index is -0.377. The zero-order chi connectivity index (χ0) is 25.8. The summed E-state index contributed by atoms with van der Waals surface area (Å²) >= 11 is 0. The highest BCUT2D eigenvalue weighted by atomic mass is 19.1. The second-order valence-electron chi connectivity index (χ2n) is 11.8. The van der Waals surface area contributed by atoms with Crippen LogP contribution in [0.1, 0.15) is 62.5 Å². The number of anilines is 1. The molecule has 0 saturated carbocycles. The van der Waals surface area contributed by atoms with E-state index in [1.165, 1.54) is 24.0 Å². The Balaban J connectivity index is 1.33. The fraction of sp³-hybridized carbons (Fsp3) is 0.567. The van der Waals surface area contributed by atoms with Crippen molar-refractivity contribution in [1.82, 2.24) is 25.2 Å². The van der Waals surface area contributed by atoms with Gasteiger partial charge in [0.2, 0.25) is 0 Å². The van der Waals surface area contributed by atoms with Gasteiger partial charge in [-0.25, -0.2) is 4.39 Å². The van der Waals surface area contributed by atoms with Crippen LogP contribution in [0.25, 0.3) is 22.2 Å². The second kappa shape index (κ2) is 9.72. The lowest BCUT2D eigenvalue weighted by molar-refractivity contribution is 0.188. The minimum Gasteiger partial charge on any atom is -0.462 e. The Morgan fingerprint density at radius 3 is 2.71 bits per heavy atom. The summed E-state index contributed by atoms with van der Waals surface area (Å²) < 4.78 is 22.7. The molecule has 1 unspecified atom stereocenters. The van der Waals surface area contributed by atoms with Gasteiger partial charge in [-0.15, -0.1) is 0 Å². The van der Waals surface area contributed by atoms with E-state index in [4.69, 9.17) is 14.7 Å². The summed E-state index contributed by atoms with van der Waals surface area (Å²) in [6.07, 6.45) is 9.70. The summed E-state index contributed by atoms with van der Waals surface area (Å²) in [5.74, 6) is 0.745. The maximum atomic E-state index is 16.5. The molecule has 8 heteroatoms. The molecule has 7 nitrogen and oxygen atoms in total. The lowest BCUT2D eigenvalue weighted by Crippen LogP contribution is -2.51. The third-order valence-electron chi connectivity index (χ3n) is 9.26. The molecule has 1 aromatic carbocycles. The first kappa shape index (κ1) is 24.2. The normalized spacial score (nSPS) is 27.2. The van der Waals surface area contributed by atoms with Crippen molar-refractivity contribution in [2.24, 2.45) is 0 Å². The van der Waals surface area contributed by atoms with Crippen molar-refractivity contribution in [2.45, 2.75) is 75.9 Å². The fourth-order valence-electron chi connectivity index (χ4n) is 7.21. The molecule has 4 atom stereocenters. The molecule has 3 aliphatic heterocycles. The van der Waals surface area contributed by atoms with Gasteiger partial charge in [-0.05, 0) is 75.6 Å². The molecule has 4 aliphatic rings. The van der Waals surface area contributed by atoms with Gasteiger partial charge in [0, 0.05) is 43.0 Å². The number of nitrogens with one attached hydrogen (secondary N) is 1. The molecule has 2 aromatic heterocycles. The van der Waals surface area contributed by atoms with Gasteiger partial charge in [0.25, 0.3) is 0 Å². The van der Waals surface area contributed by atoms with Crippen molar-refractivity contribution in [2.75, 3.05) is 38.2 Å². The van der Waals surface area contributed by atoms with Crippen LogP contribution < -0.4 is 15.0 Å². The van der Waals surface area contributed by atoms with Crippen molar-refractivity contribution in [1.29, 1.82) is 0 Å². The molecule has 3 fully saturated rings. The van der Waals surface area contributed by atoms with Crippen molar-refractivity contribution < 1.29 is 9.13 Å². The van der Waals surface area contributed by atoms with E-state index in [-0.39, 0.29) is 11.8 Å². The number of piperazine rings is 1. The average Bonchev–Trinajstić information content (AvgIpc) is 3.50. The molecule has 0 radical (unpaired) electrons. The molecule has 1 N–H and O–H groups in total. The standard InChI is InChI=1S/C30H37FN6O/c1-18-6-3-7-19-8-4-10-23(25(18)19)27-26(31)28-24(14-32-27)29(37-15-20-11-12-21(16-37)33-20)35-30(34-28)38-17-22-9-5-13-36(22)2/h4,8,10,14,18,20-22,33H,3,5-7,9,11-13,15-17H2,1-2H3/t18?,20-,21+,22-/m0/s1. The number of halogens is 1. The first-order chi connectivity index (χ1) is 18.5. The maximum absolute atomic E-state index is 16.5. The molecule has 1 aliphatic carbocycles. The van der Waals surface area contributed by atoms with E-state index in [0.717, 1.165) is 63.1 Å². The molecule has 0 spiro atoms. The number of aromatic nitrogens is 3. The molecule has 0 amide bonds. The first-order valence-corrected chi connectivity index (χ1v) is 14.4. The summed E-state index contributed by atoms with van der Waals surface area (Å²) in [6, 6.07) is 7.70. The second-order valence-corrected chi connectivity index (χ2v) is 11.8. The SMILES string of the molecule is CC1CCCc2cccc(-c3ncc4c(N5C[C@H]6CC[C@@H](C5)N6)nc(OC[C@@H]5CCCN5C)nc4c3F)c21. The Morgan fingerprint density at radius 2 is 1.92 bits per heavy atom. The van der Waals surface area contributed by atoms with Crippen LogP contribution >= 0.6 is 0 Å². The van der Waals surface area contributed by atoms with Gasteiger partial charge >= 0.3 is 6.01 Å². The predicted octanol–water partition coefficient (Wildman–Crippen LogP) is 4.68. The number of likely N-dealkylation sites (tertiary alicyclic amines) is 1. The summed E-state index contributed by atoms with van der Waals surface area (Å²) in [4.78, 5) is 18.9. The van der Waals surface area contributed by atoms with Crippen LogP contribution in [-0.2, 0) is 6.42 Å². The highest BCUT2D eigenvalue weighted by molar-refractivity contribution is 5.92. The van der Waals surface area contributed by atoms with Crippen LogP contribution in [0.2, 0.25) is 0 Å². The van der Waals surface area contributed by atoms with Crippen molar-refractivity contribution in [3.05, 3.63) is 41.3 Å². The van der Waals surface area contributed by atoms with Crippen LogP contribution in [0, 0.1) is 5.82 Å². The lowest BCUT2D eigenvalue weighted by atomic mass is 9.80. The molecule has 5 heterocycles. The number of hydrogen-bond acceptors (Lipinski definition) is 7. The van der Waals surface area contributed by atoms with Gasteiger partial charge in [0.15, 0.2) is 5.82 Å². The third-order valence-corrected chi connectivity index (χ3v) is 9.26. The number of nitrogens with zero attached hydrogens (tertiary/aromatic N) is 5.